The van der Waals surface area contributed by atoms with Crippen molar-refractivity contribution in [1.82, 2.24) is 19.9 Å². The van der Waals surface area contributed by atoms with Crippen molar-refractivity contribution in [2.24, 2.45) is 7.05 Å². The molecule has 0 aliphatic carbocycles. The van der Waals surface area contributed by atoms with Crippen LogP contribution in [0.5, 0.6) is 0 Å². The average molecular weight is 350 g/mol. The van der Waals surface area contributed by atoms with Crippen LogP contribution in [0.25, 0.3) is 22.0 Å². The smallest absolute Gasteiger partial charge is 0.408 e. The summed E-state index contributed by atoms with van der Waals surface area (Å²) < 4.78 is 6.46. The lowest BCUT2D eigenvalue weighted by Crippen LogP contribution is -2.27. The summed E-state index contributed by atoms with van der Waals surface area (Å²) in [6.45, 7) is 0.213. The van der Waals surface area contributed by atoms with E-state index in [0.29, 0.717) is 22.0 Å². The van der Waals surface area contributed by atoms with E-state index in [2.05, 4.69) is 15.3 Å². The molecule has 0 unspecified atom stereocenters. The van der Waals surface area contributed by atoms with Crippen LogP contribution in [0, 0.1) is 0 Å². The zero-order chi connectivity index (χ0) is 18.3. The lowest BCUT2D eigenvalue weighted by atomic mass is 10.2. The number of carbonyl (C=O) groups is 1. The Hall–Kier alpha value is -3.68. The molecule has 0 spiro atoms. The minimum Gasteiger partial charge on any atom is -0.408 e. The number of aryl methyl sites for hydroxylation is 1. The van der Waals surface area contributed by atoms with Gasteiger partial charge >= 0.3 is 5.76 Å². The molecule has 0 atom stereocenters. The van der Waals surface area contributed by atoms with Crippen LogP contribution in [-0.2, 0) is 13.6 Å². The molecule has 0 aliphatic heterocycles. The molecule has 0 fully saturated rings. The van der Waals surface area contributed by atoms with E-state index < -0.39 is 11.7 Å². The van der Waals surface area contributed by atoms with Gasteiger partial charge in [0.15, 0.2) is 11.4 Å². The molecule has 0 bridgehead atoms. The quantitative estimate of drug-likeness (QED) is 0.579. The highest BCUT2D eigenvalue weighted by Gasteiger charge is 2.12. The number of H-pyrrole nitrogens is 1. The van der Waals surface area contributed by atoms with Gasteiger partial charge in [-0.3, -0.25) is 14.2 Å². The molecule has 8 nitrogen and oxygen atoms in total. The fraction of sp³-hybridized carbons (Fsp3) is 0.111. The number of hydrogen-bond acceptors (Lipinski definition) is 5. The van der Waals surface area contributed by atoms with Crippen LogP contribution in [0.4, 0.5) is 0 Å². The first-order chi connectivity index (χ1) is 12.5. The molecular formula is C18H14N4O4. The maximum absolute atomic E-state index is 12.3. The largest absolute Gasteiger partial charge is 0.419 e. The second kappa shape index (κ2) is 5.99. The number of nitrogens with zero attached hydrogens (tertiary/aromatic N) is 2. The summed E-state index contributed by atoms with van der Waals surface area (Å²) in [5, 5.41) is 3.13. The van der Waals surface area contributed by atoms with E-state index in [0.717, 1.165) is 5.56 Å². The average Bonchev–Trinajstić information content (AvgIpc) is 2.93. The predicted molar refractivity (Wildman–Crippen MR) is 95.0 cm³/mol. The predicted octanol–water partition coefficient (Wildman–Crippen LogP) is 1.30. The van der Waals surface area contributed by atoms with Gasteiger partial charge in [-0.05, 0) is 29.8 Å². The van der Waals surface area contributed by atoms with Gasteiger partial charge in [0.1, 0.15) is 0 Å². The zero-order valence-corrected chi connectivity index (χ0v) is 13.8. The summed E-state index contributed by atoms with van der Waals surface area (Å²) in [6, 6.07) is 12.0. The normalized spacial score (nSPS) is 11.1. The Balaban J connectivity index is 1.58. The molecule has 0 saturated carbocycles. The summed E-state index contributed by atoms with van der Waals surface area (Å²) >= 11 is 0. The van der Waals surface area contributed by atoms with Gasteiger partial charge in [-0.2, -0.15) is 0 Å². The third-order valence-corrected chi connectivity index (χ3v) is 4.14. The number of aromatic amines is 1. The van der Waals surface area contributed by atoms with Crippen LogP contribution in [0.1, 0.15) is 16.2 Å². The molecule has 2 aromatic heterocycles. The number of fused-ring (bicyclic) bond motifs is 2. The molecule has 8 heteroatoms. The van der Waals surface area contributed by atoms with Crippen molar-refractivity contribution in [1.29, 1.82) is 0 Å². The van der Waals surface area contributed by atoms with Gasteiger partial charge in [0.25, 0.3) is 11.5 Å². The SMILES string of the molecule is Cn1c(=O)oc2ccc(CNC(=O)c3nc4ccccc4c(=O)[nH]3)cc21. The molecule has 4 rings (SSSR count). The Morgan fingerprint density at radius 2 is 2.04 bits per heavy atom. The molecule has 0 saturated heterocycles. The first-order valence-electron chi connectivity index (χ1n) is 7.88. The number of rotatable bonds is 3. The summed E-state index contributed by atoms with van der Waals surface area (Å²) in [7, 11) is 1.61. The highest BCUT2D eigenvalue weighted by atomic mass is 16.4. The van der Waals surface area contributed by atoms with Crippen LogP contribution in [0.2, 0.25) is 0 Å². The number of benzene rings is 2. The second-order valence-electron chi connectivity index (χ2n) is 5.84. The maximum atomic E-state index is 12.3. The minimum absolute atomic E-state index is 0.0505. The first kappa shape index (κ1) is 15.8. The van der Waals surface area contributed by atoms with E-state index in [1.165, 1.54) is 4.57 Å². The molecule has 0 radical (unpaired) electrons. The molecule has 0 aliphatic rings. The minimum atomic E-state index is -0.492. The fourth-order valence-corrected chi connectivity index (χ4v) is 2.74. The third-order valence-electron chi connectivity index (χ3n) is 4.14. The third kappa shape index (κ3) is 2.67. The van der Waals surface area contributed by atoms with E-state index in [1.54, 1.807) is 49.5 Å². The van der Waals surface area contributed by atoms with E-state index in [4.69, 9.17) is 4.42 Å². The molecule has 4 aromatic rings. The van der Waals surface area contributed by atoms with Gasteiger partial charge in [-0.1, -0.05) is 18.2 Å². The van der Waals surface area contributed by atoms with Crippen LogP contribution in [0.3, 0.4) is 0 Å². The molecule has 26 heavy (non-hydrogen) atoms. The van der Waals surface area contributed by atoms with E-state index in [-0.39, 0.29) is 17.9 Å². The van der Waals surface area contributed by atoms with Gasteiger partial charge in [0.05, 0.1) is 16.4 Å². The number of aromatic nitrogens is 3. The van der Waals surface area contributed by atoms with Crippen molar-refractivity contribution >= 4 is 27.9 Å². The summed E-state index contributed by atoms with van der Waals surface area (Å²) in [4.78, 5) is 42.6. The maximum Gasteiger partial charge on any atom is 0.419 e. The van der Waals surface area contributed by atoms with Crippen molar-refractivity contribution in [3.8, 4) is 0 Å². The van der Waals surface area contributed by atoms with E-state index in [9.17, 15) is 14.4 Å². The van der Waals surface area contributed by atoms with Crippen LogP contribution in [0.15, 0.2) is 56.5 Å². The van der Waals surface area contributed by atoms with Crippen molar-refractivity contribution in [3.05, 3.63) is 74.8 Å². The van der Waals surface area contributed by atoms with Gasteiger partial charge in [0.2, 0.25) is 0 Å². The highest BCUT2D eigenvalue weighted by molar-refractivity contribution is 5.92. The zero-order valence-electron chi connectivity index (χ0n) is 13.8. The summed E-state index contributed by atoms with van der Waals surface area (Å²) in [5.74, 6) is -0.987. The summed E-state index contributed by atoms with van der Waals surface area (Å²) in [6.07, 6.45) is 0. The number of hydrogen-bond donors (Lipinski definition) is 2. The van der Waals surface area contributed by atoms with Crippen LogP contribution >= 0.6 is 0 Å². The highest BCUT2D eigenvalue weighted by Crippen LogP contribution is 2.14. The number of carbonyl (C=O) groups excluding carboxylic acids is 1. The first-order valence-corrected chi connectivity index (χ1v) is 7.88. The van der Waals surface area contributed by atoms with Crippen molar-refractivity contribution in [2.45, 2.75) is 6.54 Å². The van der Waals surface area contributed by atoms with Crippen molar-refractivity contribution < 1.29 is 9.21 Å². The molecule has 1 amide bonds. The van der Waals surface area contributed by atoms with Gasteiger partial charge < -0.3 is 14.7 Å². The lowest BCUT2D eigenvalue weighted by molar-refractivity contribution is 0.0940. The van der Waals surface area contributed by atoms with Crippen LogP contribution < -0.4 is 16.6 Å². The van der Waals surface area contributed by atoms with Gasteiger partial charge in [-0.25, -0.2) is 9.78 Å². The molecule has 2 N–H and O–H groups in total. The Bertz CT molecular complexity index is 1270. The lowest BCUT2D eigenvalue weighted by Gasteiger charge is -2.06. The Kier molecular flexibility index (Phi) is 3.65. The Morgan fingerprint density at radius 1 is 1.23 bits per heavy atom. The Labute approximate surface area is 146 Å². The monoisotopic (exact) mass is 350 g/mol. The van der Waals surface area contributed by atoms with Crippen LogP contribution in [-0.4, -0.2) is 20.4 Å². The standard InChI is InChI=1S/C18H14N4O4/c1-22-13-8-10(6-7-14(13)26-18(22)25)9-19-17(24)15-20-12-5-3-2-4-11(12)16(23)21-15/h2-8H,9H2,1H3,(H,19,24)(H,20,21,23). The van der Waals surface area contributed by atoms with E-state index >= 15 is 0 Å². The number of amides is 1. The second-order valence-corrected chi connectivity index (χ2v) is 5.84. The van der Waals surface area contributed by atoms with Gasteiger partial charge in [-0.15, -0.1) is 0 Å². The summed E-state index contributed by atoms with van der Waals surface area (Å²) in [5.41, 5.74) is 1.99. The fourth-order valence-electron chi connectivity index (χ4n) is 2.74. The topological polar surface area (TPSA) is 110 Å². The molecular weight excluding hydrogens is 336 g/mol. The number of nitrogens with one attached hydrogen (secondary N) is 2. The number of oxazole rings is 1. The number of para-hydroxylation sites is 1. The van der Waals surface area contributed by atoms with Crippen molar-refractivity contribution in [2.75, 3.05) is 0 Å². The Morgan fingerprint density at radius 3 is 2.88 bits per heavy atom. The molecule has 2 aromatic carbocycles. The van der Waals surface area contributed by atoms with Gasteiger partial charge in [0, 0.05) is 13.6 Å². The van der Waals surface area contributed by atoms with Crippen molar-refractivity contribution in [3.63, 3.8) is 0 Å². The molecule has 130 valence electrons. The molecule has 2 heterocycles. The van der Waals surface area contributed by atoms with E-state index in [1.807, 2.05) is 0 Å².